The minimum Gasteiger partial charge on any atom is -0.395 e. The summed E-state index contributed by atoms with van der Waals surface area (Å²) in [5.41, 5.74) is 3.72. The van der Waals surface area contributed by atoms with E-state index < -0.39 is 17.6 Å². The lowest BCUT2D eigenvalue weighted by molar-refractivity contribution is -0.286. The summed E-state index contributed by atoms with van der Waals surface area (Å²) in [5.74, 6) is -0.601. The van der Waals surface area contributed by atoms with Crippen molar-refractivity contribution in [3.8, 4) is 28.8 Å². The van der Waals surface area contributed by atoms with Crippen LogP contribution in [-0.4, -0.2) is 18.0 Å². The van der Waals surface area contributed by atoms with Gasteiger partial charge in [0.25, 0.3) is 5.91 Å². The summed E-state index contributed by atoms with van der Waals surface area (Å²) < 4.78 is 35.8. The third-order valence-electron chi connectivity index (χ3n) is 6.51. The molecular formula is C27H22F2N2O4. The SMILES string of the molecule is Cc1ccc(CC(=O)C2(c3ccc4c(c3)OC(F)(F)O4)CC2)cc1-c1cccc(C(=O)NC#N)c1.[HH]. The maximum Gasteiger partial charge on any atom is 0.586 e. The summed E-state index contributed by atoms with van der Waals surface area (Å²) >= 11 is 0. The molecule has 1 fully saturated rings. The summed E-state index contributed by atoms with van der Waals surface area (Å²) in [4.78, 5) is 25.4. The topological polar surface area (TPSA) is 88.4 Å². The highest BCUT2D eigenvalue weighted by Crippen LogP contribution is 2.52. The Morgan fingerprint density at radius 1 is 1.06 bits per heavy atom. The number of hydrogen-bond acceptors (Lipinski definition) is 5. The number of aryl methyl sites for hydroxylation is 1. The number of hydrogen-bond donors (Lipinski definition) is 1. The van der Waals surface area contributed by atoms with E-state index in [1.165, 1.54) is 12.1 Å². The molecule has 178 valence electrons. The predicted molar refractivity (Wildman–Crippen MR) is 124 cm³/mol. The molecule has 1 saturated carbocycles. The maximum absolute atomic E-state index is 13.4. The van der Waals surface area contributed by atoms with Gasteiger partial charge in [0.15, 0.2) is 17.7 Å². The lowest BCUT2D eigenvalue weighted by atomic mass is 9.86. The molecule has 6 nitrogen and oxygen atoms in total. The second-order valence-electron chi connectivity index (χ2n) is 8.81. The third kappa shape index (κ3) is 4.21. The quantitative estimate of drug-likeness (QED) is 0.386. The fourth-order valence-electron chi connectivity index (χ4n) is 4.50. The van der Waals surface area contributed by atoms with Gasteiger partial charge in [-0.1, -0.05) is 36.4 Å². The molecule has 1 heterocycles. The number of nitriles is 1. The van der Waals surface area contributed by atoms with Crippen molar-refractivity contribution in [3.05, 3.63) is 82.9 Å². The molecule has 0 saturated heterocycles. The Labute approximate surface area is 201 Å². The molecule has 3 aromatic rings. The molecule has 0 radical (unpaired) electrons. The first-order valence-electron chi connectivity index (χ1n) is 11.0. The van der Waals surface area contributed by atoms with Crippen LogP contribution in [0.5, 0.6) is 11.5 Å². The number of fused-ring (bicyclic) bond motifs is 1. The third-order valence-corrected chi connectivity index (χ3v) is 6.51. The molecule has 3 aromatic carbocycles. The number of alkyl halides is 2. The molecule has 1 aliphatic heterocycles. The first-order chi connectivity index (χ1) is 16.7. The van der Waals surface area contributed by atoms with Crippen molar-refractivity contribution in [2.45, 2.75) is 37.9 Å². The summed E-state index contributed by atoms with van der Waals surface area (Å²) in [6.45, 7) is 1.94. The van der Waals surface area contributed by atoms with Gasteiger partial charge >= 0.3 is 6.29 Å². The molecule has 35 heavy (non-hydrogen) atoms. The molecule has 0 atom stereocenters. The molecule has 0 unspecified atom stereocenters. The zero-order valence-electron chi connectivity index (χ0n) is 18.7. The number of carbonyl (C=O) groups excluding carboxylic acids is 2. The van der Waals surface area contributed by atoms with Crippen LogP contribution in [0, 0.1) is 18.4 Å². The first kappa shape index (κ1) is 22.5. The Hall–Kier alpha value is -4.25. The van der Waals surface area contributed by atoms with Gasteiger partial charge in [0, 0.05) is 13.4 Å². The Morgan fingerprint density at radius 3 is 2.57 bits per heavy atom. The van der Waals surface area contributed by atoms with E-state index in [9.17, 15) is 18.4 Å². The van der Waals surface area contributed by atoms with E-state index in [2.05, 4.69) is 14.8 Å². The Balaban J connectivity index is 0.00000304. The standard InChI is InChI=1S/C27H20F2N2O4.H2/c1-16-5-6-17(11-21(16)18-3-2-4-19(13-18)25(33)31-15-30)12-24(32)26(9-10-26)20-7-8-22-23(14-20)35-27(28,29)34-22;/h2-8,11,13-14H,9-10,12H2,1H3,(H,31,33);1H. The molecule has 1 N–H and O–H groups in total. The van der Waals surface area contributed by atoms with Crippen LogP contribution in [0.1, 0.15) is 41.3 Å². The van der Waals surface area contributed by atoms with Crippen LogP contribution >= 0.6 is 0 Å². The van der Waals surface area contributed by atoms with Crippen molar-refractivity contribution >= 4 is 11.7 Å². The lowest BCUT2D eigenvalue weighted by Crippen LogP contribution is -2.26. The molecule has 1 aliphatic carbocycles. The minimum atomic E-state index is -3.70. The molecule has 5 rings (SSSR count). The van der Waals surface area contributed by atoms with Crippen LogP contribution < -0.4 is 14.8 Å². The fraction of sp³-hybridized carbons (Fsp3) is 0.222. The Kier molecular flexibility index (Phi) is 5.28. The summed E-state index contributed by atoms with van der Waals surface area (Å²) in [7, 11) is 0. The number of ether oxygens (including phenoxy) is 2. The number of nitrogens with one attached hydrogen (secondary N) is 1. The van der Waals surface area contributed by atoms with E-state index in [0.29, 0.717) is 24.0 Å². The zero-order chi connectivity index (χ0) is 24.8. The number of ketones is 1. The van der Waals surface area contributed by atoms with Gasteiger partial charge in [-0.3, -0.25) is 14.9 Å². The van der Waals surface area contributed by atoms with Crippen LogP contribution in [0.4, 0.5) is 8.78 Å². The number of amides is 1. The van der Waals surface area contributed by atoms with E-state index in [4.69, 9.17) is 5.26 Å². The largest absolute Gasteiger partial charge is 0.586 e. The highest BCUT2D eigenvalue weighted by atomic mass is 19.3. The second-order valence-corrected chi connectivity index (χ2v) is 8.81. The molecule has 8 heteroatoms. The van der Waals surface area contributed by atoms with Crippen LogP contribution in [0.25, 0.3) is 11.1 Å². The molecule has 0 spiro atoms. The number of nitrogens with zero attached hydrogens (tertiary/aromatic N) is 1. The molecule has 0 aromatic heterocycles. The van der Waals surface area contributed by atoms with Gasteiger partial charge in [0.1, 0.15) is 5.78 Å². The van der Waals surface area contributed by atoms with Crippen LogP contribution in [0.2, 0.25) is 0 Å². The van der Waals surface area contributed by atoms with Gasteiger partial charge in [-0.2, -0.15) is 5.26 Å². The number of Topliss-reactive ketones (excluding diaryl/α,β-unsaturated/α-hetero) is 1. The fourth-order valence-corrected chi connectivity index (χ4v) is 4.50. The smallest absolute Gasteiger partial charge is 0.395 e. The Bertz CT molecular complexity index is 1410. The zero-order valence-corrected chi connectivity index (χ0v) is 18.7. The number of benzene rings is 3. The number of carbonyl (C=O) groups is 2. The lowest BCUT2D eigenvalue weighted by Gasteiger charge is -2.16. The summed E-state index contributed by atoms with van der Waals surface area (Å²) in [6.07, 6.45) is -0.628. The van der Waals surface area contributed by atoms with E-state index in [0.717, 1.165) is 22.3 Å². The van der Waals surface area contributed by atoms with Crippen LogP contribution in [-0.2, 0) is 16.6 Å². The van der Waals surface area contributed by atoms with Gasteiger partial charge in [0.2, 0.25) is 0 Å². The van der Waals surface area contributed by atoms with Gasteiger partial charge in [-0.25, -0.2) is 0 Å². The maximum atomic E-state index is 13.4. The Morgan fingerprint density at radius 2 is 1.83 bits per heavy atom. The van der Waals surface area contributed by atoms with Crippen molar-refractivity contribution in [1.82, 2.24) is 5.32 Å². The van der Waals surface area contributed by atoms with E-state index >= 15 is 0 Å². The highest BCUT2D eigenvalue weighted by molar-refractivity contribution is 5.97. The number of rotatable bonds is 6. The summed E-state index contributed by atoms with van der Waals surface area (Å²) in [5, 5.41) is 10.8. The van der Waals surface area contributed by atoms with E-state index in [-0.39, 0.29) is 25.1 Å². The van der Waals surface area contributed by atoms with Crippen molar-refractivity contribution in [2.75, 3.05) is 0 Å². The first-order valence-corrected chi connectivity index (χ1v) is 11.0. The van der Waals surface area contributed by atoms with Gasteiger partial charge in [-0.15, -0.1) is 8.78 Å². The van der Waals surface area contributed by atoms with Crippen molar-refractivity contribution in [2.24, 2.45) is 0 Å². The predicted octanol–water partition coefficient (Wildman–Crippen LogP) is 5.28. The van der Waals surface area contributed by atoms with Crippen LogP contribution in [0.3, 0.4) is 0 Å². The normalized spacial score (nSPS) is 16.3. The average molecular weight is 476 g/mol. The van der Waals surface area contributed by atoms with Gasteiger partial charge in [0.05, 0.1) is 5.41 Å². The molecular weight excluding hydrogens is 454 g/mol. The molecule has 0 bridgehead atoms. The minimum absolute atomic E-state index is 0. The summed E-state index contributed by atoms with van der Waals surface area (Å²) in [6, 6.07) is 17.2. The van der Waals surface area contributed by atoms with Gasteiger partial charge in [-0.05, 0) is 71.8 Å². The monoisotopic (exact) mass is 476 g/mol. The van der Waals surface area contributed by atoms with E-state index in [1.54, 1.807) is 30.5 Å². The van der Waals surface area contributed by atoms with Crippen molar-refractivity contribution in [3.63, 3.8) is 0 Å². The average Bonchev–Trinajstić information content (AvgIpc) is 3.57. The number of halogens is 2. The van der Waals surface area contributed by atoms with Crippen molar-refractivity contribution < 1.29 is 29.3 Å². The molecule has 2 aliphatic rings. The second kappa shape index (κ2) is 8.20. The van der Waals surface area contributed by atoms with Crippen molar-refractivity contribution in [1.29, 1.82) is 5.26 Å². The van der Waals surface area contributed by atoms with E-state index in [1.807, 2.05) is 31.2 Å². The molecule has 1 amide bonds. The van der Waals surface area contributed by atoms with Crippen LogP contribution in [0.15, 0.2) is 60.7 Å². The highest BCUT2D eigenvalue weighted by Gasteiger charge is 2.52. The van der Waals surface area contributed by atoms with Gasteiger partial charge < -0.3 is 9.47 Å².